The zero-order chi connectivity index (χ0) is 14.7. The molecule has 1 aromatic carbocycles. The van der Waals surface area contributed by atoms with Crippen molar-refractivity contribution in [1.82, 2.24) is 10.3 Å². The highest BCUT2D eigenvalue weighted by atomic mass is 32.1. The van der Waals surface area contributed by atoms with Gasteiger partial charge in [0.05, 0.1) is 10.7 Å². The Morgan fingerprint density at radius 1 is 1.24 bits per heavy atom. The van der Waals surface area contributed by atoms with Crippen LogP contribution in [0.25, 0.3) is 10.1 Å². The van der Waals surface area contributed by atoms with Gasteiger partial charge in [-0.2, -0.15) is 0 Å². The fourth-order valence-corrected chi connectivity index (χ4v) is 4.21. The van der Waals surface area contributed by atoms with Gasteiger partial charge in [-0.25, -0.2) is 4.98 Å². The average molecular weight is 316 g/mol. The molecule has 2 aromatic heterocycles. The minimum absolute atomic E-state index is 0.341. The van der Waals surface area contributed by atoms with E-state index in [1.165, 1.54) is 21.3 Å². The van der Waals surface area contributed by atoms with Crippen molar-refractivity contribution in [2.24, 2.45) is 0 Å². The zero-order valence-electron chi connectivity index (χ0n) is 12.4. The molecule has 2 heterocycles. The molecule has 0 saturated heterocycles. The third-order valence-electron chi connectivity index (χ3n) is 3.61. The van der Waals surface area contributed by atoms with Crippen molar-refractivity contribution in [2.75, 3.05) is 6.54 Å². The molecular weight excluding hydrogens is 296 g/mol. The van der Waals surface area contributed by atoms with Gasteiger partial charge in [0.2, 0.25) is 0 Å². The summed E-state index contributed by atoms with van der Waals surface area (Å²) >= 11 is 3.57. The molecule has 0 bridgehead atoms. The van der Waals surface area contributed by atoms with Crippen molar-refractivity contribution in [3.63, 3.8) is 0 Å². The minimum Gasteiger partial charge on any atom is -0.310 e. The molecule has 1 N–H and O–H groups in total. The SMILES string of the molecule is CCCNC(Cc1csc(C)n1)c1cccc2ccsc12. The highest BCUT2D eigenvalue weighted by Crippen LogP contribution is 2.31. The Morgan fingerprint density at radius 2 is 2.14 bits per heavy atom. The van der Waals surface area contributed by atoms with E-state index in [1.54, 1.807) is 11.3 Å². The van der Waals surface area contributed by atoms with Gasteiger partial charge in [-0.05, 0) is 42.3 Å². The molecule has 0 aliphatic rings. The Labute approximate surface area is 133 Å². The van der Waals surface area contributed by atoms with E-state index in [1.807, 2.05) is 11.3 Å². The van der Waals surface area contributed by atoms with Crippen LogP contribution >= 0.6 is 22.7 Å². The molecule has 2 nitrogen and oxygen atoms in total. The molecule has 21 heavy (non-hydrogen) atoms. The van der Waals surface area contributed by atoms with Crippen molar-refractivity contribution in [3.8, 4) is 0 Å². The van der Waals surface area contributed by atoms with Gasteiger partial charge in [-0.1, -0.05) is 25.1 Å². The van der Waals surface area contributed by atoms with Gasteiger partial charge in [0, 0.05) is 22.5 Å². The van der Waals surface area contributed by atoms with Crippen LogP contribution in [-0.4, -0.2) is 11.5 Å². The second kappa shape index (κ2) is 6.69. The molecule has 4 heteroatoms. The first kappa shape index (κ1) is 14.7. The largest absolute Gasteiger partial charge is 0.310 e. The quantitative estimate of drug-likeness (QED) is 0.696. The maximum absolute atomic E-state index is 4.63. The maximum Gasteiger partial charge on any atom is 0.0897 e. The van der Waals surface area contributed by atoms with Gasteiger partial charge >= 0.3 is 0 Å². The molecule has 1 atom stereocenters. The van der Waals surface area contributed by atoms with Crippen LogP contribution in [-0.2, 0) is 6.42 Å². The van der Waals surface area contributed by atoms with E-state index in [0.29, 0.717) is 6.04 Å². The predicted molar refractivity (Wildman–Crippen MR) is 93.4 cm³/mol. The second-order valence-electron chi connectivity index (χ2n) is 5.25. The minimum atomic E-state index is 0.341. The van der Waals surface area contributed by atoms with Gasteiger partial charge in [-0.15, -0.1) is 22.7 Å². The molecule has 0 saturated carbocycles. The summed E-state index contributed by atoms with van der Waals surface area (Å²) in [6.45, 7) is 5.32. The van der Waals surface area contributed by atoms with Gasteiger partial charge in [0.25, 0.3) is 0 Å². The molecular formula is C17H20N2S2. The van der Waals surface area contributed by atoms with Crippen molar-refractivity contribution < 1.29 is 0 Å². The lowest BCUT2D eigenvalue weighted by Crippen LogP contribution is -2.24. The number of thiazole rings is 1. The van der Waals surface area contributed by atoms with Gasteiger partial charge in [0.15, 0.2) is 0 Å². The first-order valence-electron chi connectivity index (χ1n) is 7.38. The molecule has 0 aliphatic heterocycles. The molecule has 0 amide bonds. The van der Waals surface area contributed by atoms with E-state index < -0.39 is 0 Å². The van der Waals surface area contributed by atoms with E-state index in [9.17, 15) is 0 Å². The van der Waals surface area contributed by atoms with Crippen LogP contribution in [0.15, 0.2) is 35.0 Å². The Bertz CT molecular complexity index is 714. The summed E-state index contributed by atoms with van der Waals surface area (Å²) in [6, 6.07) is 9.16. The van der Waals surface area contributed by atoms with E-state index in [0.717, 1.165) is 24.4 Å². The highest BCUT2D eigenvalue weighted by molar-refractivity contribution is 7.17. The Balaban J connectivity index is 1.92. The van der Waals surface area contributed by atoms with Crippen molar-refractivity contribution in [1.29, 1.82) is 0 Å². The molecule has 110 valence electrons. The summed E-state index contributed by atoms with van der Waals surface area (Å²) in [7, 11) is 0. The maximum atomic E-state index is 4.63. The Morgan fingerprint density at radius 3 is 2.90 bits per heavy atom. The van der Waals surface area contributed by atoms with E-state index in [4.69, 9.17) is 0 Å². The molecule has 0 radical (unpaired) electrons. The standard InChI is InChI=1S/C17H20N2S2/c1-3-8-18-16(10-14-11-21-12(2)19-14)15-6-4-5-13-7-9-20-17(13)15/h4-7,9,11,16,18H,3,8,10H2,1-2H3. The number of aromatic nitrogens is 1. The Kier molecular flexibility index (Phi) is 4.68. The highest BCUT2D eigenvalue weighted by Gasteiger charge is 2.16. The van der Waals surface area contributed by atoms with Crippen LogP contribution in [0.1, 0.15) is 35.7 Å². The molecule has 0 fully saturated rings. The smallest absolute Gasteiger partial charge is 0.0897 e. The van der Waals surface area contributed by atoms with Gasteiger partial charge in [0.1, 0.15) is 0 Å². The topological polar surface area (TPSA) is 24.9 Å². The van der Waals surface area contributed by atoms with E-state index >= 15 is 0 Å². The number of hydrogen-bond acceptors (Lipinski definition) is 4. The lowest BCUT2D eigenvalue weighted by atomic mass is 10.0. The van der Waals surface area contributed by atoms with Crippen LogP contribution in [0.4, 0.5) is 0 Å². The van der Waals surface area contributed by atoms with Crippen molar-refractivity contribution in [3.05, 3.63) is 51.3 Å². The summed E-state index contributed by atoms with van der Waals surface area (Å²) < 4.78 is 1.40. The fourth-order valence-electron chi connectivity index (χ4n) is 2.61. The number of benzene rings is 1. The molecule has 0 spiro atoms. The van der Waals surface area contributed by atoms with E-state index in [2.05, 4.69) is 59.2 Å². The van der Waals surface area contributed by atoms with Gasteiger partial charge in [-0.3, -0.25) is 0 Å². The number of rotatable bonds is 6. The van der Waals surface area contributed by atoms with Crippen LogP contribution in [0.5, 0.6) is 0 Å². The molecule has 1 unspecified atom stereocenters. The summed E-state index contributed by atoms with van der Waals surface area (Å²) in [5, 5.41) is 10.5. The van der Waals surface area contributed by atoms with Crippen molar-refractivity contribution in [2.45, 2.75) is 32.7 Å². The molecule has 3 aromatic rings. The molecule has 0 aliphatic carbocycles. The fraction of sp³-hybridized carbons (Fsp3) is 0.353. The Hall–Kier alpha value is -1.23. The van der Waals surface area contributed by atoms with E-state index in [-0.39, 0.29) is 0 Å². The zero-order valence-corrected chi connectivity index (χ0v) is 14.1. The summed E-state index contributed by atoms with van der Waals surface area (Å²) in [6.07, 6.45) is 2.11. The lowest BCUT2D eigenvalue weighted by Gasteiger charge is -2.19. The second-order valence-corrected chi connectivity index (χ2v) is 7.23. The lowest BCUT2D eigenvalue weighted by molar-refractivity contribution is 0.528. The van der Waals surface area contributed by atoms with Crippen LogP contribution in [0, 0.1) is 6.92 Å². The summed E-state index contributed by atoms with van der Waals surface area (Å²) in [5.41, 5.74) is 2.60. The predicted octanol–water partition coefficient (Wildman–Crippen LogP) is 4.95. The number of nitrogens with zero attached hydrogens (tertiary/aromatic N) is 1. The third kappa shape index (κ3) is 3.34. The average Bonchev–Trinajstić information content (AvgIpc) is 3.11. The number of aryl methyl sites for hydroxylation is 1. The van der Waals surface area contributed by atoms with Crippen molar-refractivity contribution >= 4 is 32.8 Å². The summed E-state index contributed by atoms with van der Waals surface area (Å²) in [4.78, 5) is 4.63. The first-order chi connectivity index (χ1) is 10.3. The first-order valence-corrected chi connectivity index (χ1v) is 9.14. The van der Waals surface area contributed by atoms with Crippen LogP contribution in [0.3, 0.4) is 0 Å². The van der Waals surface area contributed by atoms with Crippen LogP contribution in [0.2, 0.25) is 0 Å². The monoisotopic (exact) mass is 316 g/mol. The summed E-state index contributed by atoms with van der Waals surface area (Å²) in [5.74, 6) is 0. The number of nitrogens with one attached hydrogen (secondary N) is 1. The normalized spacial score (nSPS) is 12.9. The van der Waals surface area contributed by atoms with Gasteiger partial charge < -0.3 is 5.32 Å². The number of hydrogen-bond donors (Lipinski definition) is 1. The molecule has 3 rings (SSSR count). The number of fused-ring (bicyclic) bond motifs is 1. The van der Waals surface area contributed by atoms with Crippen LogP contribution < -0.4 is 5.32 Å². The number of thiophene rings is 1. The third-order valence-corrected chi connectivity index (χ3v) is 5.41.